The molecule has 3 atom stereocenters. The Morgan fingerprint density at radius 1 is 1.09 bits per heavy atom. The molecular formula is C31H43F3N8O3. The summed E-state index contributed by atoms with van der Waals surface area (Å²) in [4.78, 5) is 50.0. The zero-order chi connectivity index (χ0) is 32.9. The van der Waals surface area contributed by atoms with Crippen LogP contribution in [0.25, 0.3) is 0 Å². The van der Waals surface area contributed by atoms with Gasteiger partial charge in [0.05, 0.1) is 5.92 Å². The van der Waals surface area contributed by atoms with Gasteiger partial charge in [-0.15, -0.1) is 0 Å². The molecule has 1 unspecified atom stereocenters. The standard InChI is InChI=1S/C31H43F3N8O3/c1-18(2)16-25(26(35)43)39-28(44)22-6-5-7-24(22)38-27-23(31(32,33)34)17-36-30(40-27)37-20-10-8-19(9-11-20)29(45)42(4)21-12-14-41(3)15-13-21/h8-11,17-18,21-22,24-25H,5-7,12-16H2,1-4H3,(H2,35,43)(H,39,44)(H2,36,37,38,40)/t22-,24+,25?/m0/s1. The van der Waals surface area contributed by atoms with E-state index in [1.54, 1.807) is 36.2 Å². The Labute approximate surface area is 261 Å². The summed E-state index contributed by atoms with van der Waals surface area (Å²) in [5, 5.41) is 8.44. The fourth-order valence-corrected chi connectivity index (χ4v) is 5.96. The first kappa shape index (κ1) is 33.9. The fraction of sp³-hybridized carbons (Fsp3) is 0.581. The highest BCUT2D eigenvalue weighted by Crippen LogP contribution is 2.37. The molecule has 1 saturated carbocycles. The van der Waals surface area contributed by atoms with Gasteiger partial charge in [0.1, 0.15) is 17.4 Å². The molecule has 1 aromatic heterocycles. The molecule has 2 fully saturated rings. The summed E-state index contributed by atoms with van der Waals surface area (Å²) in [6.45, 7) is 5.64. The first-order chi connectivity index (χ1) is 21.2. The minimum atomic E-state index is -4.74. The number of hydrogen-bond donors (Lipinski definition) is 4. The van der Waals surface area contributed by atoms with E-state index in [0.717, 1.165) is 25.9 Å². The number of nitrogens with one attached hydrogen (secondary N) is 3. The topological polar surface area (TPSA) is 146 Å². The predicted octanol–water partition coefficient (Wildman–Crippen LogP) is 4.00. The van der Waals surface area contributed by atoms with Crippen molar-refractivity contribution < 1.29 is 27.6 Å². The van der Waals surface area contributed by atoms with Crippen LogP contribution in [0.1, 0.15) is 68.3 Å². The Bertz CT molecular complexity index is 1350. The van der Waals surface area contributed by atoms with E-state index in [0.29, 0.717) is 43.1 Å². The molecule has 1 aliphatic carbocycles. The maximum absolute atomic E-state index is 13.9. The number of carbonyl (C=O) groups excluding carboxylic acids is 3. The second-order valence-corrected chi connectivity index (χ2v) is 12.5. The van der Waals surface area contributed by atoms with E-state index < -0.39 is 47.4 Å². The molecular weight excluding hydrogens is 589 g/mol. The number of nitrogens with zero attached hydrogens (tertiary/aromatic N) is 4. The Morgan fingerprint density at radius 2 is 1.76 bits per heavy atom. The quantitative estimate of drug-likeness (QED) is 0.291. The summed E-state index contributed by atoms with van der Waals surface area (Å²) in [7, 11) is 3.86. The molecule has 5 N–H and O–H groups in total. The van der Waals surface area contributed by atoms with Gasteiger partial charge in [-0.3, -0.25) is 14.4 Å². The van der Waals surface area contributed by atoms with E-state index in [-0.39, 0.29) is 23.8 Å². The predicted molar refractivity (Wildman–Crippen MR) is 165 cm³/mol. The highest BCUT2D eigenvalue weighted by Gasteiger charge is 2.39. The van der Waals surface area contributed by atoms with Crippen molar-refractivity contribution in [2.24, 2.45) is 17.6 Å². The Kier molecular flexibility index (Phi) is 10.9. The van der Waals surface area contributed by atoms with Gasteiger partial charge < -0.3 is 31.5 Å². The number of amides is 3. The van der Waals surface area contributed by atoms with Crippen LogP contribution in [0, 0.1) is 11.8 Å². The van der Waals surface area contributed by atoms with E-state index in [9.17, 15) is 27.6 Å². The number of alkyl halides is 3. The Balaban J connectivity index is 1.47. The number of carbonyl (C=O) groups is 3. The molecule has 1 aliphatic heterocycles. The van der Waals surface area contributed by atoms with Crippen LogP contribution in [-0.4, -0.2) is 82.8 Å². The third-order valence-electron chi connectivity index (χ3n) is 8.58. The molecule has 45 heavy (non-hydrogen) atoms. The van der Waals surface area contributed by atoms with Gasteiger partial charge in [0, 0.05) is 36.6 Å². The molecule has 2 heterocycles. The molecule has 1 saturated heterocycles. The number of primary amides is 1. The number of anilines is 3. The van der Waals surface area contributed by atoms with Crippen molar-refractivity contribution in [2.45, 2.75) is 76.7 Å². The zero-order valence-electron chi connectivity index (χ0n) is 26.2. The van der Waals surface area contributed by atoms with Crippen LogP contribution in [0.5, 0.6) is 0 Å². The van der Waals surface area contributed by atoms with Gasteiger partial charge in [0.25, 0.3) is 5.91 Å². The van der Waals surface area contributed by atoms with Crippen LogP contribution in [-0.2, 0) is 15.8 Å². The van der Waals surface area contributed by atoms with Crippen molar-refractivity contribution in [3.05, 3.63) is 41.6 Å². The van der Waals surface area contributed by atoms with E-state index in [1.165, 1.54) is 0 Å². The number of halogens is 3. The highest BCUT2D eigenvalue weighted by molar-refractivity contribution is 5.94. The summed E-state index contributed by atoms with van der Waals surface area (Å²) >= 11 is 0. The van der Waals surface area contributed by atoms with Crippen LogP contribution >= 0.6 is 0 Å². The minimum Gasteiger partial charge on any atom is -0.368 e. The molecule has 246 valence electrons. The monoisotopic (exact) mass is 632 g/mol. The zero-order valence-corrected chi connectivity index (χ0v) is 26.2. The summed E-state index contributed by atoms with van der Waals surface area (Å²) in [5.74, 6) is -2.32. The fourth-order valence-electron chi connectivity index (χ4n) is 5.96. The van der Waals surface area contributed by atoms with Crippen molar-refractivity contribution in [2.75, 3.05) is 37.8 Å². The van der Waals surface area contributed by atoms with Crippen molar-refractivity contribution in [3.8, 4) is 0 Å². The van der Waals surface area contributed by atoms with Crippen molar-refractivity contribution in [3.63, 3.8) is 0 Å². The number of likely N-dealkylation sites (tertiary alicyclic amines) is 1. The molecule has 2 aromatic rings. The largest absolute Gasteiger partial charge is 0.421 e. The average Bonchev–Trinajstić information content (AvgIpc) is 3.44. The van der Waals surface area contributed by atoms with Crippen LogP contribution in [0.3, 0.4) is 0 Å². The van der Waals surface area contributed by atoms with Crippen molar-refractivity contribution in [1.82, 2.24) is 25.1 Å². The normalized spacial score (nSPS) is 20.1. The molecule has 4 rings (SSSR count). The maximum atomic E-state index is 13.9. The molecule has 14 heteroatoms. The molecule has 11 nitrogen and oxygen atoms in total. The number of piperidine rings is 1. The van der Waals surface area contributed by atoms with Crippen LogP contribution in [0.2, 0.25) is 0 Å². The molecule has 0 spiro atoms. The molecule has 3 amide bonds. The van der Waals surface area contributed by atoms with Gasteiger partial charge >= 0.3 is 6.18 Å². The van der Waals surface area contributed by atoms with Crippen LogP contribution in [0.15, 0.2) is 30.5 Å². The summed E-state index contributed by atoms with van der Waals surface area (Å²) in [5.41, 5.74) is 5.39. The van der Waals surface area contributed by atoms with Crippen molar-refractivity contribution >= 4 is 35.2 Å². The van der Waals surface area contributed by atoms with E-state index in [2.05, 4.69) is 37.9 Å². The Hall–Kier alpha value is -3.94. The number of rotatable bonds is 11. The number of nitrogens with two attached hydrogens (primary N) is 1. The van der Waals surface area contributed by atoms with E-state index >= 15 is 0 Å². The number of benzene rings is 1. The molecule has 1 aromatic carbocycles. The average molecular weight is 633 g/mol. The van der Waals surface area contributed by atoms with Gasteiger partial charge in [0.15, 0.2) is 0 Å². The second-order valence-electron chi connectivity index (χ2n) is 12.5. The number of aromatic nitrogens is 2. The SMILES string of the molecule is CC(C)CC(NC(=O)[C@H]1CCC[C@H]1Nc1nc(Nc2ccc(C(=O)N(C)C3CCN(C)CC3)cc2)ncc1C(F)(F)F)C(N)=O. The second kappa shape index (κ2) is 14.4. The third kappa shape index (κ3) is 8.83. The molecule has 0 radical (unpaired) electrons. The van der Waals surface area contributed by atoms with Gasteiger partial charge in [-0.05, 0) is 82.4 Å². The van der Waals surface area contributed by atoms with Gasteiger partial charge in [-0.1, -0.05) is 20.3 Å². The molecule has 0 bridgehead atoms. The van der Waals surface area contributed by atoms with E-state index in [4.69, 9.17) is 5.73 Å². The van der Waals surface area contributed by atoms with Crippen molar-refractivity contribution in [1.29, 1.82) is 0 Å². The lowest BCUT2D eigenvalue weighted by atomic mass is 9.99. The summed E-state index contributed by atoms with van der Waals surface area (Å²) in [6.07, 6.45) is -0.404. The minimum absolute atomic E-state index is 0.0854. The van der Waals surface area contributed by atoms with Gasteiger partial charge in [-0.25, -0.2) is 4.98 Å². The number of hydrogen-bond acceptors (Lipinski definition) is 8. The van der Waals surface area contributed by atoms with Crippen LogP contribution in [0.4, 0.5) is 30.6 Å². The molecule has 2 aliphatic rings. The van der Waals surface area contributed by atoms with E-state index in [1.807, 2.05) is 13.8 Å². The van der Waals surface area contributed by atoms with Gasteiger partial charge in [-0.2, -0.15) is 18.2 Å². The third-order valence-corrected chi connectivity index (χ3v) is 8.58. The van der Waals surface area contributed by atoms with Gasteiger partial charge in [0.2, 0.25) is 17.8 Å². The smallest absolute Gasteiger partial charge is 0.368 e. The lowest BCUT2D eigenvalue weighted by molar-refractivity contribution is -0.137. The van der Waals surface area contributed by atoms with Crippen LogP contribution < -0.4 is 21.7 Å². The first-order valence-electron chi connectivity index (χ1n) is 15.4. The highest BCUT2D eigenvalue weighted by atomic mass is 19.4. The lowest BCUT2D eigenvalue weighted by Gasteiger charge is -2.35. The maximum Gasteiger partial charge on any atom is 0.421 e. The summed E-state index contributed by atoms with van der Waals surface area (Å²) < 4.78 is 41.8. The first-order valence-corrected chi connectivity index (χ1v) is 15.4. The summed E-state index contributed by atoms with van der Waals surface area (Å²) in [6, 6.07) is 5.25. The lowest BCUT2D eigenvalue weighted by Crippen LogP contribution is -2.49. The Morgan fingerprint density at radius 3 is 2.36 bits per heavy atom.